The van der Waals surface area contributed by atoms with Crippen LogP contribution in [-0.2, 0) is 5.33 Å². The molecule has 2 rings (SSSR count). The van der Waals surface area contributed by atoms with Crippen LogP contribution in [0.15, 0.2) is 40.8 Å². The summed E-state index contributed by atoms with van der Waals surface area (Å²) in [5.41, 5.74) is 1.81. The van der Waals surface area contributed by atoms with Crippen LogP contribution < -0.4 is 5.32 Å². The van der Waals surface area contributed by atoms with Crippen molar-refractivity contribution in [1.29, 1.82) is 0 Å². The van der Waals surface area contributed by atoms with E-state index in [1.807, 2.05) is 24.3 Å². The van der Waals surface area contributed by atoms with Crippen molar-refractivity contribution in [1.82, 2.24) is 0 Å². The molecule has 0 unspecified atom stereocenters. The predicted octanol–water partition coefficient (Wildman–Crippen LogP) is 4.08. The number of anilines is 1. The maximum absolute atomic E-state index is 11.8. The minimum absolute atomic E-state index is 0.194. The first-order valence-electron chi connectivity index (χ1n) is 4.90. The molecule has 0 spiro atoms. The number of hydrogen-bond donors (Lipinski definition) is 1. The lowest BCUT2D eigenvalue weighted by atomic mass is 10.2. The predicted molar refractivity (Wildman–Crippen MR) is 70.7 cm³/mol. The Morgan fingerprint density at radius 3 is 2.82 bits per heavy atom. The highest BCUT2D eigenvalue weighted by atomic mass is 79.9. The summed E-state index contributed by atoms with van der Waals surface area (Å²) in [6.45, 7) is 0. The average Bonchev–Trinajstić information content (AvgIpc) is 2.76. The summed E-state index contributed by atoms with van der Waals surface area (Å²) in [5.74, 6) is -0.122. The van der Waals surface area contributed by atoms with Crippen LogP contribution in [0.1, 0.15) is 16.1 Å². The molecule has 2 aromatic rings. The van der Waals surface area contributed by atoms with Crippen LogP contribution in [0.5, 0.6) is 0 Å². The van der Waals surface area contributed by atoms with Crippen molar-refractivity contribution in [2.75, 3.05) is 5.32 Å². The van der Waals surface area contributed by atoms with Crippen molar-refractivity contribution < 1.29 is 9.21 Å². The van der Waals surface area contributed by atoms with Crippen LogP contribution in [0.25, 0.3) is 0 Å². The molecular formula is C12H9BrClNO2. The number of nitrogens with one attached hydrogen (secondary N) is 1. The zero-order valence-electron chi connectivity index (χ0n) is 8.74. The number of benzene rings is 1. The van der Waals surface area contributed by atoms with E-state index >= 15 is 0 Å². The van der Waals surface area contributed by atoms with Crippen molar-refractivity contribution in [2.24, 2.45) is 0 Å². The number of alkyl halides is 1. The molecule has 0 saturated heterocycles. The number of halogens is 2. The van der Waals surface area contributed by atoms with Gasteiger partial charge in [0.2, 0.25) is 0 Å². The second kappa shape index (κ2) is 5.38. The summed E-state index contributed by atoms with van der Waals surface area (Å²) in [4.78, 5) is 11.8. The standard InChI is InChI=1S/C12H9BrClNO2/c13-7-8-2-1-3-9(6-8)15-12(16)10-4-5-11(14)17-10/h1-6H,7H2,(H,15,16). The largest absolute Gasteiger partial charge is 0.440 e. The van der Waals surface area contributed by atoms with Crippen LogP contribution in [0.4, 0.5) is 5.69 Å². The molecule has 0 atom stereocenters. The Labute approximate surface area is 112 Å². The van der Waals surface area contributed by atoms with Gasteiger partial charge in [0, 0.05) is 11.0 Å². The minimum atomic E-state index is -0.316. The van der Waals surface area contributed by atoms with E-state index in [-0.39, 0.29) is 16.9 Å². The lowest BCUT2D eigenvalue weighted by molar-refractivity contribution is 0.0997. The normalized spacial score (nSPS) is 10.2. The van der Waals surface area contributed by atoms with Crippen molar-refractivity contribution >= 4 is 39.1 Å². The van der Waals surface area contributed by atoms with Gasteiger partial charge in [-0.1, -0.05) is 28.1 Å². The zero-order chi connectivity index (χ0) is 12.3. The molecule has 1 amide bonds. The highest BCUT2D eigenvalue weighted by Crippen LogP contribution is 2.17. The maximum Gasteiger partial charge on any atom is 0.291 e. The summed E-state index contributed by atoms with van der Waals surface area (Å²) in [7, 11) is 0. The molecular weight excluding hydrogens is 305 g/mol. The molecule has 0 fully saturated rings. The van der Waals surface area contributed by atoms with Crippen LogP contribution >= 0.6 is 27.5 Å². The fraction of sp³-hybridized carbons (Fsp3) is 0.0833. The van der Waals surface area contributed by atoms with Crippen LogP contribution in [0, 0.1) is 0 Å². The van der Waals surface area contributed by atoms with Crippen molar-refractivity contribution in [3.05, 3.63) is 52.9 Å². The summed E-state index contributed by atoms with van der Waals surface area (Å²) in [6.07, 6.45) is 0. The molecule has 88 valence electrons. The molecule has 0 aliphatic heterocycles. The molecule has 1 aromatic carbocycles. The Kier molecular flexibility index (Phi) is 3.86. The van der Waals surface area contributed by atoms with Gasteiger partial charge in [-0.25, -0.2) is 0 Å². The van der Waals surface area contributed by atoms with E-state index in [0.717, 1.165) is 16.6 Å². The third-order valence-corrected chi connectivity index (χ3v) is 2.99. The maximum atomic E-state index is 11.8. The van der Waals surface area contributed by atoms with Gasteiger partial charge >= 0.3 is 0 Å². The highest BCUT2D eigenvalue weighted by molar-refractivity contribution is 9.08. The first-order chi connectivity index (χ1) is 8.19. The second-order valence-corrected chi connectivity index (χ2v) is 4.33. The van der Waals surface area contributed by atoms with E-state index in [4.69, 9.17) is 16.0 Å². The minimum Gasteiger partial charge on any atom is -0.440 e. The first-order valence-corrected chi connectivity index (χ1v) is 6.40. The molecule has 1 N–H and O–H groups in total. The van der Waals surface area contributed by atoms with Gasteiger partial charge in [0.1, 0.15) is 0 Å². The first kappa shape index (κ1) is 12.2. The highest BCUT2D eigenvalue weighted by Gasteiger charge is 2.10. The van der Waals surface area contributed by atoms with Crippen LogP contribution in [0.2, 0.25) is 5.22 Å². The van der Waals surface area contributed by atoms with Crippen LogP contribution in [-0.4, -0.2) is 5.91 Å². The Morgan fingerprint density at radius 1 is 1.35 bits per heavy atom. The lowest BCUT2D eigenvalue weighted by Crippen LogP contribution is -2.10. The number of carbonyl (C=O) groups excluding carboxylic acids is 1. The van der Waals surface area contributed by atoms with E-state index in [2.05, 4.69) is 21.2 Å². The third kappa shape index (κ3) is 3.11. The van der Waals surface area contributed by atoms with Gasteiger partial charge in [0.05, 0.1) is 0 Å². The second-order valence-electron chi connectivity index (χ2n) is 3.39. The van der Waals surface area contributed by atoms with Gasteiger partial charge in [-0.3, -0.25) is 4.79 Å². The molecule has 0 radical (unpaired) electrons. The summed E-state index contributed by atoms with van der Waals surface area (Å²) in [6, 6.07) is 10.6. The van der Waals surface area contributed by atoms with E-state index in [9.17, 15) is 4.79 Å². The Hall–Kier alpha value is -1.26. The molecule has 0 aliphatic carbocycles. The third-order valence-electron chi connectivity index (χ3n) is 2.14. The molecule has 1 aromatic heterocycles. The fourth-order valence-corrected chi connectivity index (χ4v) is 1.86. The van der Waals surface area contributed by atoms with E-state index in [1.54, 1.807) is 0 Å². The molecule has 17 heavy (non-hydrogen) atoms. The van der Waals surface area contributed by atoms with Crippen molar-refractivity contribution in [2.45, 2.75) is 5.33 Å². The molecule has 0 bridgehead atoms. The quantitative estimate of drug-likeness (QED) is 0.867. The Morgan fingerprint density at radius 2 is 2.18 bits per heavy atom. The van der Waals surface area contributed by atoms with Crippen molar-refractivity contribution in [3.8, 4) is 0 Å². The lowest BCUT2D eigenvalue weighted by Gasteiger charge is -2.04. The SMILES string of the molecule is O=C(Nc1cccc(CBr)c1)c1ccc(Cl)o1. The number of carbonyl (C=O) groups is 1. The van der Waals surface area contributed by atoms with Crippen LogP contribution in [0.3, 0.4) is 0 Å². The summed E-state index contributed by atoms with van der Waals surface area (Å²) < 4.78 is 5.02. The molecule has 0 saturated carbocycles. The molecule has 1 heterocycles. The van der Waals surface area contributed by atoms with E-state index in [0.29, 0.717) is 0 Å². The van der Waals surface area contributed by atoms with Gasteiger partial charge in [-0.05, 0) is 41.4 Å². The van der Waals surface area contributed by atoms with Crippen molar-refractivity contribution in [3.63, 3.8) is 0 Å². The van der Waals surface area contributed by atoms with Gasteiger partial charge < -0.3 is 9.73 Å². The summed E-state index contributed by atoms with van der Waals surface area (Å²) >= 11 is 8.96. The topological polar surface area (TPSA) is 42.2 Å². The fourth-order valence-electron chi connectivity index (χ4n) is 1.36. The Balaban J connectivity index is 2.12. The van der Waals surface area contributed by atoms with E-state index < -0.39 is 0 Å². The van der Waals surface area contributed by atoms with Gasteiger partial charge in [-0.2, -0.15) is 0 Å². The van der Waals surface area contributed by atoms with Gasteiger partial charge in [0.15, 0.2) is 11.0 Å². The number of rotatable bonds is 3. The monoisotopic (exact) mass is 313 g/mol. The molecule has 5 heteroatoms. The number of furan rings is 1. The smallest absolute Gasteiger partial charge is 0.291 e. The molecule has 0 aliphatic rings. The van der Waals surface area contributed by atoms with E-state index in [1.165, 1.54) is 12.1 Å². The average molecular weight is 315 g/mol. The zero-order valence-corrected chi connectivity index (χ0v) is 11.1. The Bertz CT molecular complexity index is 539. The number of hydrogen-bond acceptors (Lipinski definition) is 2. The van der Waals surface area contributed by atoms with Gasteiger partial charge in [-0.15, -0.1) is 0 Å². The molecule has 3 nitrogen and oxygen atoms in total. The van der Waals surface area contributed by atoms with Gasteiger partial charge in [0.25, 0.3) is 5.91 Å². The summed E-state index contributed by atoms with van der Waals surface area (Å²) in [5, 5.41) is 3.67. The number of amides is 1.